The molecule has 1 fully saturated rings. The number of hydrogen-bond acceptors (Lipinski definition) is 5. The van der Waals surface area contributed by atoms with Crippen LogP contribution in [0.25, 0.3) is 0 Å². The lowest BCUT2D eigenvalue weighted by atomic mass is 9.75. The number of nitrogens with two attached hydrogens (primary N) is 2. The molecule has 3 rings (SSSR count). The van der Waals surface area contributed by atoms with Gasteiger partial charge in [0.25, 0.3) is 0 Å². The van der Waals surface area contributed by atoms with E-state index >= 15 is 0 Å². The Balaban J connectivity index is 2.14. The molecule has 0 amide bonds. The van der Waals surface area contributed by atoms with Crippen LogP contribution >= 0.6 is 0 Å². The van der Waals surface area contributed by atoms with E-state index in [0.717, 1.165) is 18.5 Å². The van der Waals surface area contributed by atoms with Crippen molar-refractivity contribution in [1.29, 1.82) is 0 Å². The first-order chi connectivity index (χ1) is 9.62. The number of rotatable bonds is 2. The highest BCUT2D eigenvalue weighted by atomic mass is 15.2. The van der Waals surface area contributed by atoms with Crippen molar-refractivity contribution < 1.29 is 0 Å². The van der Waals surface area contributed by atoms with E-state index in [9.17, 15) is 0 Å². The van der Waals surface area contributed by atoms with Gasteiger partial charge in [0.1, 0.15) is 5.69 Å². The van der Waals surface area contributed by atoms with Crippen molar-refractivity contribution in [2.45, 2.75) is 38.0 Å². The molecule has 0 spiro atoms. The van der Waals surface area contributed by atoms with Crippen LogP contribution in [-0.4, -0.2) is 15.2 Å². The molecule has 1 aromatic heterocycles. The van der Waals surface area contributed by atoms with Crippen molar-refractivity contribution in [3.63, 3.8) is 0 Å². The Kier molecular flexibility index (Phi) is 3.04. The average Bonchev–Trinajstić information content (AvgIpc) is 2.90. The summed E-state index contributed by atoms with van der Waals surface area (Å²) in [6.07, 6.45) is 4.39. The largest absolute Gasteiger partial charge is 0.382 e. The third kappa shape index (κ3) is 1.99. The number of aryl methyl sites for hydroxylation is 1. The second-order valence-electron chi connectivity index (χ2n) is 5.56. The molecule has 2 aromatic rings. The predicted octanol–water partition coefficient (Wildman–Crippen LogP) is 2.20. The fraction of sp³-hybridized carbons (Fsp3) is 0.400. The summed E-state index contributed by atoms with van der Waals surface area (Å²) >= 11 is 0. The molecule has 0 bridgehead atoms. The molecule has 1 saturated carbocycles. The highest BCUT2D eigenvalue weighted by Gasteiger charge is 2.41. The van der Waals surface area contributed by atoms with Gasteiger partial charge in [0, 0.05) is 5.41 Å². The van der Waals surface area contributed by atoms with Crippen molar-refractivity contribution in [2.24, 2.45) is 0 Å². The SMILES string of the molecule is Cc1ccc(C2(c3nnc(N)nc3N)CCCC2)cc1. The predicted molar refractivity (Wildman–Crippen MR) is 79.1 cm³/mol. The fourth-order valence-corrected chi connectivity index (χ4v) is 3.21. The standard InChI is InChI=1S/C15H19N5/c1-10-4-6-11(7-5-10)15(8-2-3-9-15)12-13(16)18-14(17)20-19-12/h4-7H,2-3,8-9H2,1H3,(H4,16,17,18,20). The molecular formula is C15H19N5. The van der Waals surface area contributed by atoms with Crippen LogP contribution in [0.15, 0.2) is 24.3 Å². The molecule has 1 aliphatic rings. The number of nitrogen functional groups attached to an aromatic ring is 2. The summed E-state index contributed by atoms with van der Waals surface area (Å²) in [4.78, 5) is 4.09. The number of aromatic nitrogens is 3. The van der Waals surface area contributed by atoms with Gasteiger partial charge in [0.2, 0.25) is 5.95 Å². The molecule has 0 saturated heterocycles. The Morgan fingerprint density at radius 3 is 2.25 bits per heavy atom. The third-order valence-corrected chi connectivity index (χ3v) is 4.24. The van der Waals surface area contributed by atoms with Crippen LogP contribution in [-0.2, 0) is 5.41 Å². The lowest BCUT2D eigenvalue weighted by molar-refractivity contribution is 0.510. The minimum atomic E-state index is -0.161. The van der Waals surface area contributed by atoms with E-state index in [-0.39, 0.29) is 11.4 Å². The van der Waals surface area contributed by atoms with Crippen molar-refractivity contribution >= 4 is 11.8 Å². The molecular weight excluding hydrogens is 250 g/mol. The van der Waals surface area contributed by atoms with E-state index in [4.69, 9.17) is 11.5 Å². The van der Waals surface area contributed by atoms with Gasteiger partial charge in [-0.15, -0.1) is 10.2 Å². The molecule has 4 N–H and O–H groups in total. The Labute approximate surface area is 118 Å². The summed E-state index contributed by atoms with van der Waals surface area (Å²) in [5.41, 5.74) is 14.7. The van der Waals surface area contributed by atoms with Gasteiger partial charge in [-0.1, -0.05) is 42.7 Å². The van der Waals surface area contributed by atoms with Crippen LogP contribution in [0.1, 0.15) is 42.5 Å². The van der Waals surface area contributed by atoms with Gasteiger partial charge in [-0.2, -0.15) is 4.98 Å². The van der Waals surface area contributed by atoms with Crippen LogP contribution < -0.4 is 11.5 Å². The zero-order valence-electron chi connectivity index (χ0n) is 11.6. The maximum absolute atomic E-state index is 6.06. The maximum atomic E-state index is 6.06. The zero-order valence-corrected chi connectivity index (χ0v) is 11.6. The summed E-state index contributed by atoms with van der Waals surface area (Å²) < 4.78 is 0. The van der Waals surface area contributed by atoms with Gasteiger partial charge in [-0.05, 0) is 25.3 Å². The Hall–Kier alpha value is -2.17. The number of nitrogens with zero attached hydrogens (tertiary/aromatic N) is 3. The number of hydrogen-bond donors (Lipinski definition) is 2. The first-order valence-corrected chi connectivity index (χ1v) is 6.95. The number of benzene rings is 1. The van der Waals surface area contributed by atoms with Crippen molar-refractivity contribution in [2.75, 3.05) is 11.5 Å². The van der Waals surface area contributed by atoms with E-state index in [1.54, 1.807) is 0 Å². The summed E-state index contributed by atoms with van der Waals surface area (Å²) in [6.45, 7) is 2.09. The van der Waals surface area contributed by atoms with Crippen LogP contribution in [0.5, 0.6) is 0 Å². The Morgan fingerprint density at radius 2 is 1.65 bits per heavy atom. The molecule has 0 radical (unpaired) electrons. The van der Waals surface area contributed by atoms with E-state index in [0.29, 0.717) is 5.82 Å². The summed E-state index contributed by atoms with van der Waals surface area (Å²) in [7, 11) is 0. The van der Waals surface area contributed by atoms with Crippen LogP contribution in [0.4, 0.5) is 11.8 Å². The topological polar surface area (TPSA) is 90.7 Å². The van der Waals surface area contributed by atoms with Crippen LogP contribution in [0.2, 0.25) is 0 Å². The molecule has 20 heavy (non-hydrogen) atoms. The van der Waals surface area contributed by atoms with Crippen molar-refractivity contribution in [3.8, 4) is 0 Å². The molecule has 1 aromatic carbocycles. The van der Waals surface area contributed by atoms with Crippen molar-refractivity contribution in [1.82, 2.24) is 15.2 Å². The molecule has 1 aliphatic carbocycles. The maximum Gasteiger partial charge on any atom is 0.242 e. The molecule has 5 nitrogen and oxygen atoms in total. The molecule has 0 unspecified atom stereocenters. The molecule has 5 heteroatoms. The van der Waals surface area contributed by atoms with Crippen LogP contribution in [0.3, 0.4) is 0 Å². The normalized spacial score (nSPS) is 17.2. The second-order valence-corrected chi connectivity index (χ2v) is 5.56. The van der Waals surface area contributed by atoms with E-state index < -0.39 is 0 Å². The minimum Gasteiger partial charge on any atom is -0.382 e. The average molecular weight is 269 g/mol. The van der Waals surface area contributed by atoms with Gasteiger partial charge in [0.05, 0.1) is 0 Å². The lowest BCUT2D eigenvalue weighted by Gasteiger charge is -2.29. The summed E-state index contributed by atoms with van der Waals surface area (Å²) in [6, 6.07) is 8.59. The molecule has 104 valence electrons. The lowest BCUT2D eigenvalue weighted by Crippen LogP contribution is -2.28. The first-order valence-electron chi connectivity index (χ1n) is 6.95. The highest BCUT2D eigenvalue weighted by Crippen LogP contribution is 2.46. The quantitative estimate of drug-likeness (QED) is 0.872. The van der Waals surface area contributed by atoms with Gasteiger partial charge in [-0.3, -0.25) is 0 Å². The Bertz CT molecular complexity index is 615. The van der Waals surface area contributed by atoms with E-state index in [1.165, 1.54) is 24.0 Å². The monoisotopic (exact) mass is 269 g/mol. The fourth-order valence-electron chi connectivity index (χ4n) is 3.21. The third-order valence-electron chi connectivity index (χ3n) is 4.24. The molecule has 0 aliphatic heterocycles. The minimum absolute atomic E-state index is 0.128. The smallest absolute Gasteiger partial charge is 0.242 e. The van der Waals surface area contributed by atoms with Crippen LogP contribution in [0, 0.1) is 6.92 Å². The zero-order chi connectivity index (χ0) is 14.2. The highest BCUT2D eigenvalue weighted by molar-refractivity contribution is 5.49. The molecule has 1 heterocycles. The first kappa shape index (κ1) is 12.8. The van der Waals surface area contributed by atoms with Gasteiger partial charge < -0.3 is 11.5 Å². The Morgan fingerprint density at radius 1 is 1.00 bits per heavy atom. The van der Waals surface area contributed by atoms with E-state index in [2.05, 4.69) is 46.4 Å². The van der Waals surface area contributed by atoms with Gasteiger partial charge in [-0.25, -0.2) is 0 Å². The number of anilines is 2. The van der Waals surface area contributed by atoms with Gasteiger partial charge in [0.15, 0.2) is 5.82 Å². The summed E-state index contributed by atoms with van der Waals surface area (Å²) in [5, 5.41) is 8.18. The van der Waals surface area contributed by atoms with Crippen molar-refractivity contribution in [3.05, 3.63) is 41.1 Å². The van der Waals surface area contributed by atoms with Gasteiger partial charge >= 0.3 is 0 Å². The molecule has 0 atom stereocenters. The van der Waals surface area contributed by atoms with E-state index in [1.807, 2.05) is 0 Å². The summed E-state index contributed by atoms with van der Waals surface area (Å²) in [5.74, 6) is 0.531. The second kappa shape index (κ2) is 4.74.